The first-order valence-electron chi connectivity index (χ1n) is 4.64. The molecule has 0 aromatic rings. The number of hydrogen-bond donors (Lipinski definition) is 0. The molecule has 0 spiro atoms. The van der Waals surface area contributed by atoms with Crippen LogP contribution >= 0.6 is 9.24 Å². The highest BCUT2D eigenvalue weighted by Crippen LogP contribution is 2.28. The fourth-order valence-electron chi connectivity index (χ4n) is 0.735. The van der Waals surface area contributed by atoms with Crippen molar-refractivity contribution in [1.29, 1.82) is 0 Å². The van der Waals surface area contributed by atoms with Crippen LogP contribution in [0.3, 0.4) is 0 Å². The lowest BCUT2D eigenvalue weighted by atomic mass is 10.1. The zero-order valence-corrected chi connectivity index (χ0v) is 10.5. The highest BCUT2D eigenvalue weighted by atomic mass is 31.0. The Morgan fingerprint density at radius 1 is 1.57 bits per heavy atom. The molecule has 0 fully saturated rings. The average Bonchev–Trinajstić information content (AvgIpc) is 2.02. The highest BCUT2D eigenvalue weighted by Gasteiger charge is 2.17. The zero-order chi connectivity index (χ0) is 11.4. The van der Waals surface area contributed by atoms with Gasteiger partial charge in [-0.3, -0.25) is 4.99 Å². The molecule has 0 N–H and O–H groups in total. The maximum absolute atomic E-state index is 13.3. The Morgan fingerprint density at radius 3 is 2.36 bits per heavy atom. The van der Waals surface area contributed by atoms with Crippen molar-refractivity contribution in [2.75, 3.05) is 0 Å². The lowest BCUT2D eigenvalue weighted by Gasteiger charge is -2.13. The van der Waals surface area contributed by atoms with Crippen molar-refractivity contribution in [3.05, 3.63) is 24.4 Å². The summed E-state index contributed by atoms with van der Waals surface area (Å²) in [6.07, 6.45) is 3.26. The third-order valence-corrected chi connectivity index (χ3v) is 2.43. The van der Waals surface area contributed by atoms with Crippen LogP contribution in [0.2, 0.25) is 0 Å². The van der Waals surface area contributed by atoms with E-state index in [1.54, 1.807) is 19.2 Å². The molecule has 0 rings (SSSR count). The standard InChI is InChI=1S/C11H19FNP/c1-6-10(8(2)3)13-7-9(4)11(5,12)14/h6-8H,1,14H2,2-5H3/b9-7+,13-10+. The van der Waals surface area contributed by atoms with Crippen LogP contribution in [0, 0.1) is 5.92 Å². The molecule has 80 valence electrons. The molecule has 3 heteroatoms. The second-order valence-electron chi connectivity index (χ2n) is 3.80. The molecule has 0 aliphatic heterocycles. The van der Waals surface area contributed by atoms with Crippen molar-refractivity contribution >= 4 is 15.0 Å². The van der Waals surface area contributed by atoms with Crippen molar-refractivity contribution in [3.63, 3.8) is 0 Å². The van der Waals surface area contributed by atoms with Crippen LogP contribution < -0.4 is 0 Å². The Hall–Kier alpha value is -0.490. The maximum Gasteiger partial charge on any atom is 0.143 e. The summed E-state index contributed by atoms with van der Waals surface area (Å²) in [6, 6.07) is 0. The fourth-order valence-corrected chi connectivity index (χ4v) is 0.810. The molecule has 1 nitrogen and oxygen atoms in total. The van der Waals surface area contributed by atoms with E-state index in [1.165, 1.54) is 6.92 Å². The van der Waals surface area contributed by atoms with Gasteiger partial charge in [-0.15, -0.1) is 0 Å². The van der Waals surface area contributed by atoms with Crippen molar-refractivity contribution in [1.82, 2.24) is 0 Å². The number of hydrogen-bond acceptors (Lipinski definition) is 1. The summed E-state index contributed by atoms with van der Waals surface area (Å²) in [5.41, 5.74) is 1.46. The Balaban J connectivity index is 4.76. The number of aliphatic imine (C=N–C) groups is 1. The summed E-state index contributed by atoms with van der Waals surface area (Å²) < 4.78 is 13.3. The monoisotopic (exact) mass is 215 g/mol. The minimum absolute atomic E-state index is 0.312. The van der Waals surface area contributed by atoms with E-state index in [9.17, 15) is 4.39 Å². The van der Waals surface area contributed by atoms with Gasteiger partial charge in [0.2, 0.25) is 0 Å². The van der Waals surface area contributed by atoms with Gasteiger partial charge in [-0.05, 0) is 31.4 Å². The largest absolute Gasteiger partial charge is 0.261 e. The summed E-state index contributed by atoms with van der Waals surface area (Å²) >= 11 is 0. The van der Waals surface area contributed by atoms with E-state index in [4.69, 9.17) is 0 Å². The smallest absolute Gasteiger partial charge is 0.143 e. The van der Waals surface area contributed by atoms with Gasteiger partial charge in [0.25, 0.3) is 0 Å². The first-order valence-corrected chi connectivity index (χ1v) is 5.22. The van der Waals surface area contributed by atoms with E-state index in [0.29, 0.717) is 11.5 Å². The number of nitrogens with zero attached hydrogens (tertiary/aromatic N) is 1. The Kier molecular flexibility index (Phi) is 5.22. The lowest BCUT2D eigenvalue weighted by Crippen LogP contribution is -2.09. The van der Waals surface area contributed by atoms with Crippen molar-refractivity contribution in [2.24, 2.45) is 10.9 Å². The number of allylic oxidation sites excluding steroid dienone is 2. The van der Waals surface area contributed by atoms with E-state index in [2.05, 4.69) is 20.8 Å². The summed E-state index contributed by atoms with van der Waals surface area (Å²) in [7, 11) is 2.15. The molecule has 0 saturated heterocycles. The van der Waals surface area contributed by atoms with Crippen LogP contribution in [0.1, 0.15) is 27.7 Å². The van der Waals surface area contributed by atoms with Crippen LogP contribution in [-0.4, -0.2) is 11.1 Å². The quantitative estimate of drug-likeness (QED) is 0.500. The van der Waals surface area contributed by atoms with Gasteiger partial charge in [0.05, 0.1) is 0 Å². The topological polar surface area (TPSA) is 12.4 Å². The predicted octanol–water partition coefficient (Wildman–Crippen LogP) is 3.73. The number of halogens is 1. The molecule has 0 bridgehead atoms. The van der Waals surface area contributed by atoms with Gasteiger partial charge in [0.1, 0.15) is 5.41 Å². The molecule has 0 aromatic heterocycles. The maximum atomic E-state index is 13.3. The zero-order valence-electron chi connectivity index (χ0n) is 9.34. The fraction of sp³-hybridized carbons (Fsp3) is 0.545. The van der Waals surface area contributed by atoms with Gasteiger partial charge in [0.15, 0.2) is 0 Å². The summed E-state index contributed by atoms with van der Waals surface area (Å²) in [6.45, 7) is 10.9. The molecule has 14 heavy (non-hydrogen) atoms. The highest BCUT2D eigenvalue weighted by molar-refractivity contribution is 7.19. The molecule has 0 heterocycles. The molecule has 0 aromatic carbocycles. The van der Waals surface area contributed by atoms with E-state index >= 15 is 0 Å². The third kappa shape index (κ3) is 4.66. The van der Waals surface area contributed by atoms with Gasteiger partial charge in [0, 0.05) is 11.9 Å². The van der Waals surface area contributed by atoms with Crippen LogP contribution in [0.25, 0.3) is 0 Å². The minimum Gasteiger partial charge on any atom is -0.261 e. The van der Waals surface area contributed by atoms with Gasteiger partial charge < -0.3 is 0 Å². The number of rotatable bonds is 4. The number of alkyl halides is 1. The summed E-state index contributed by atoms with van der Waals surface area (Å²) in [5, 5.41) is -1.38. The summed E-state index contributed by atoms with van der Waals surface area (Å²) in [5.74, 6) is 0.312. The molecule has 0 radical (unpaired) electrons. The van der Waals surface area contributed by atoms with Crippen LogP contribution in [0.4, 0.5) is 4.39 Å². The molecule has 0 aliphatic rings. The van der Waals surface area contributed by atoms with Crippen LogP contribution in [0.15, 0.2) is 29.4 Å². The van der Waals surface area contributed by atoms with E-state index in [0.717, 1.165) is 5.71 Å². The normalized spacial score (nSPS) is 18.2. The molecule has 2 atom stereocenters. The Morgan fingerprint density at radius 2 is 2.07 bits per heavy atom. The van der Waals surface area contributed by atoms with E-state index in [1.807, 2.05) is 13.8 Å². The van der Waals surface area contributed by atoms with Gasteiger partial charge in [-0.1, -0.05) is 29.7 Å². The van der Waals surface area contributed by atoms with Crippen molar-refractivity contribution in [3.8, 4) is 0 Å². The summed E-state index contributed by atoms with van der Waals surface area (Å²) in [4.78, 5) is 4.19. The third-order valence-electron chi connectivity index (χ3n) is 1.98. The van der Waals surface area contributed by atoms with Crippen molar-refractivity contribution < 1.29 is 4.39 Å². The molecule has 2 unspecified atom stereocenters. The molecular formula is C11H19FNP. The SMILES string of the molecule is C=C/C(=N\C=C(/C)C(C)(F)P)C(C)C. The van der Waals surface area contributed by atoms with Crippen LogP contribution in [0.5, 0.6) is 0 Å². The van der Waals surface area contributed by atoms with Gasteiger partial charge in [-0.25, -0.2) is 4.39 Å². The second kappa shape index (κ2) is 5.41. The van der Waals surface area contributed by atoms with Gasteiger partial charge >= 0.3 is 0 Å². The first-order chi connectivity index (χ1) is 6.29. The molecular weight excluding hydrogens is 196 g/mol. The molecule has 0 saturated carbocycles. The lowest BCUT2D eigenvalue weighted by molar-refractivity contribution is 0.365. The predicted molar refractivity (Wildman–Crippen MR) is 65.5 cm³/mol. The average molecular weight is 215 g/mol. The minimum atomic E-state index is -1.38. The first kappa shape index (κ1) is 13.5. The van der Waals surface area contributed by atoms with Crippen LogP contribution in [-0.2, 0) is 0 Å². The Labute approximate surface area is 88.4 Å². The van der Waals surface area contributed by atoms with E-state index in [-0.39, 0.29) is 0 Å². The van der Waals surface area contributed by atoms with Crippen molar-refractivity contribution in [2.45, 2.75) is 33.1 Å². The molecule has 0 amide bonds. The second-order valence-corrected chi connectivity index (χ2v) is 4.88. The Bertz CT molecular complexity index is 259. The van der Waals surface area contributed by atoms with Gasteiger partial charge in [-0.2, -0.15) is 0 Å². The molecule has 0 aliphatic carbocycles. The van der Waals surface area contributed by atoms with E-state index < -0.39 is 5.41 Å².